The van der Waals surface area contributed by atoms with Crippen molar-refractivity contribution >= 4 is 28.3 Å². The Kier molecular flexibility index (Phi) is 5.29. The Bertz CT molecular complexity index is 1200. The predicted molar refractivity (Wildman–Crippen MR) is 121 cm³/mol. The summed E-state index contributed by atoms with van der Waals surface area (Å²) < 4.78 is 5.60. The van der Waals surface area contributed by atoms with Crippen LogP contribution >= 0.6 is 11.6 Å². The Morgan fingerprint density at radius 2 is 1.77 bits per heavy atom. The molecule has 0 saturated carbocycles. The zero-order valence-corrected chi connectivity index (χ0v) is 18.3. The summed E-state index contributed by atoms with van der Waals surface area (Å²) in [6.07, 6.45) is 1.61. The summed E-state index contributed by atoms with van der Waals surface area (Å²) in [5.74, 6) is 2.23. The minimum Gasteiger partial charge on any atom is -0.353 e. The van der Waals surface area contributed by atoms with Gasteiger partial charge in [0.2, 0.25) is 11.7 Å². The van der Waals surface area contributed by atoms with Crippen molar-refractivity contribution in [2.24, 2.45) is 0 Å². The fraction of sp³-hybridized carbons (Fsp3) is 0.304. The molecule has 1 atom stereocenters. The van der Waals surface area contributed by atoms with Crippen LogP contribution in [0.25, 0.3) is 22.3 Å². The van der Waals surface area contributed by atoms with E-state index in [-0.39, 0.29) is 6.04 Å². The SMILES string of the molecule is Cc1ccc(-c2noc([C@H](C)N3CCN(c4ncnc5cc(Cl)ccc45)CC3)n2)cc1. The first kappa shape index (κ1) is 19.9. The van der Waals surface area contributed by atoms with Crippen LogP contribution in [-0.4, -0.2) is 51.2 Å². The van der Waals surface area contributed by atoms with Gasteiger partial charge in [-0.25, -0.2) is 9.97 Å². The molecular formula is C23H23ClN6O. The molecule has 158 valence electrons. The van der Waals surface area contributed by atoms with Gasteiger partial charge in [-0.1, -0.05) is 46.6 Å². The zero-order chi connectivity index (χ0) is 21.4. The lowest BCUT2D eigenvalue weighted by Crippen LogP contribution is -2.47. The van der Waals surface area contributed by atoms with E-state index in [0.717, 1.165) is 48.5 Å². The molecule has 0 N–H and O–H groups in total. The molecule has 7 nitrogen and oxygen atoms in total. The maximum atomic E-state index is 6.12. The van der Waals surface area contributed by atoms with Crippen molar-refractivity contribution in [2.45, 2.75) is 19.9 Å². The lowest BCUT2D eigenvalue weighted by molar-refractivity contribution is 0.164. The van der Waals surface area contributed by atoms with Gasteiger partial charge >= 0.3 is 0 Å². The number of anilines is 1. The van der Waals surface area contributed by atoms with Crippen molar-refractivity contribution < 1.29 is 4.52 Å². The van der Waals surface area contributed by atoms with E-state index in [9.17, 15) is 0 Å². The molecule has 1 fully saturated rings. The van der Waals surface area contributed by atoms with E-state index in [1.165, 1.54) is 5.56 Å². The number of nitrogens with zero attached hydrogens (tertiary/aromatic N) is 6. The number of halogens is 1. The molecule has 0 radical (unpaired) electrons. The molecule has 3 heterocycles. The van der Waals surface area contributed by atoms with Crippen LogP contribution in [0.1, 0.15) is 24.4 Å². The van der Waals surface area contributed by atoms with Gasteiger partial charge in [-0.3, -0.25) is 4.90 Å². The molecule has 5 rings (SSSR count). The molecule has 4 aromatic rings. The summed E-state index contributed by atoms with van der Waals surface area (Å²) in [6.45, 7) is 7.65. The number of hydrogen-bond acceptors (Lipinski definition) is 7. The Balaban J connectivity index is 1.28. The first-order chi connectivity index (χ1) is 15.1. The first-order valence-electron chi connectivity index (χ1n) is 10.4. The van der Waals surface area contributed by atoms with E-state index in [0.29, 0.717) is 16.7 Å². The van der Waals surface area contributed by atoms with E-state index in [2.05, 4.69) is 55.9 Å². The van der Waals surface area contributed by atoms with E-state index in [1.54, 1.807) is 6.33 Å². The maximum Gasteiger partial charge on any atom is 0.244 e. The highest BCUT2D eigenvalue weighted by molar-refractivity contribution is 6.31. The molecule has 1 aliphatic heterocycles. The topological polar surface area (TPSA) is 71.2 Å². The normalized spacial score (nSPS) is 16.0. The maximum absolute atomic E-state index is 6.12. The molecule has 0 unspecified atom stereocenters. The Labute approximate surface area is 185 Å². The number of benzene rings is 2. The van der Waals surface area contributed by atoms with Crippen molar-refractivity contribution in [3.05, 3.63) is 65.3 Å². The van der Waals surface area contributed by atoms with Crippen LogP contribution in [0.4, 0.5) is 5.82 Å². The third-order valence-corrected chi connectivity index (χ3v) is 6.08. The number of piperazine rings is 1. The molecule has 0 bridgehead atoms. The van der Waals surface area contributed by atoms with Crippen molar-refractivity contribution in [3.63, 3.8) is 0 Å². The average Bonchev–Trinajstić information content (AvgIpc) is 3.29. The van der Waals surface area contributed by atoms with Gasteiger partial charge in [-0.05, 0) is 32.0 Å². The van der Waals surface area contributed by atoms with Gasteiger partial charge in [-0.2, -0.15) is 4.98 Å². The Morgan fingerprint density at radius 3 is 2.55 bits per heavy atom. The van der Waals surface area contributed by atoms with Gasteiger partial charge in [0.15, 0.2) is 0 Å². The minimum atomic E-state index is 0.0507. The van der Waals surface area contributed by atoms with E-state index in [4.69, 9.17) is 16.1 Å². The summed E-state index contributed by atoms with van der Waals surface area (Å²) in [5, 5.41) is 5.89. The lowest BCUT2D eigenvalue weighted by Gasteiger charge is -2.37. The monoisotopic (exact) mass is 434 g/mol. The highest BCUT2D eigenvalue weighted by Crippen LogP contribution is 2.28. The van der Waals surface area contributed by atoms with E-state index in [1.807, 2.05) is 30.3 Å². The van der Waals surface area contributed by atoms with Gasteiger partial charge < -0.3 is 9.42 Å². The quantitative estimate of drug-likeness (QED) is 0.467. The summed E-state index contributed by atoms with van der Waals surface area (Å²) in [4.78, 5) is 18.2. The third kappa shape index (κ3) is 3.98. The number of fused-ring (bicyclic) bond motifs is 1. The zero-order valence-electron chi connectivity index (χ0n) is 17.5. The fourth-order valence-electron chi connectivity index (χ4n) is 3.97. The molecule has 0 aliphatic carbocycles. The van der Waals surface area contributed by atoms with Crippen LogP contribution < -0.4 is 4.90 Å². The van der Waals surface area contributed by atoms with Gasteiger partial charge in [-0.15, -0.1) is 0 Å². The number of hydrogen-bond donors (Lipinski definition) is 0. The largest absolute Gasteiger partial charge is 0.353 e. The summed E-state index contributed by atoms with van der Waals surface area (Å²) in [7, 11) is 0. The smallest absolute Gasteiger partial charge is 0.244 e. The van der Waals surface area contributed by atoms with Gasteiger partial charge in [0.1, 0.15) is 12.1 Å². The molecule has 2 aromatic heterocycles. The summed E-state index contributed by atoms with van der Waals surface area (Å²) >= 11 is 6.12. The van der Waals surface area contributed by atoms with Crippen LogP contribution in [-0.2, 0) is 0 Å². The predicted octanol–water partition coefficient (Wildman–Crippen LogP) is 4.52. The van der Waals surface area contributed by atoms with Crippen molar-refractivity contribution in [2.75, 3.05) is 31.1 Å². The standard InChI is InChI=1S/C23H23ClN6O/c1-15-3-5-17(6-4-15)21-27-23(31-28-21)16(2)29-9-11-30(12-10-29)22-19-8-7-18(24)13-20(19)25-14-26-22/h3-8,13-14,16H,9-12H2,1-2H3/t16-/m0/s1. The van der Waals surface area contributed by atoms with Crippen LogP contribution in [0.2, 0.25) is 5.02 Å². The molecule has 31 heavy (non-hydrogen) atoms. The number of rotatable bonds is 4. The van der Waals surface area contributed by atoms with Crippen LogP contribution in [0.3, 0.4) is 0 Å². The van der Waals surface area contributed by atoms with Gasteiger partial charge in [0.25, 0.3) is 0 Å². The molecule has 8 heteroatoms. The molecular weight excluding hydrogens is 412 g/mol. The van der Waals surface area contributed by atoms with Crippen molar-refractivity contribution in [3.8, 4) is 11.4 Å². The summed E-state index contributed by atoms with van der Waals surface area (Å²) in [5.41, 5.74) is 3.04. The minimum absolute atomic E-state index is 0.0507. The molecule has 1 saturated heterocycles. The second kappa shape index (κ2) is 8.24. The number of aromatic nitrogens is 4. The average molecular weight is 435 g/mol. The Morgan fingerprint density at radius 1 is 1.00 bits per heavy atom. The molecule has 1 aliphatic rings. The van der Waals surface area contributed by atoms with Gasteiger partial charge in [0, 0.05) is 42.2 Å². The first-order valence-corrected chi connectivity index (χ1v) is 10.8. The second-order valence-corrected chi connectivity index (χ2v) is 8.32. The summed E-state index contributed by atoms with van der Waals surface area (Å²) in [6, 6.07) is 14.0. The van der Waals surface area contributed by atoms with E-state index < -0.39 is 0 Å². The van der Waals surface area contributed by atoms with Crippen molar-refractivity contribution in [1.29, 1.82) is 0 Å². The fourth-order valence-corrected chi connectivity index (χ4v) is 4.14. The van der Waals surface area contributed by atoms with Crippen LogP contribution in [0.5, 0.6) is 0 Å². The molecule has 0 amide bonds. The second-order valence-electron chi connectivity index (χ2n) is 7.88. The van der Waals surface area contributed by atoms with Crippen molar-refractivity contribution in [1.82, 2.24) is 25.0 Å². The molecule has 0 spiro atoms. The van der Waals surface area contributed by atoms with Gasteiger partial charge in [0.05, 0.1) is 11.6 Å². The highest BCUT2D eigenvalue weighted by atomic mass is 35.5. The van der Waals surface area contributed by atoms with Crippen LogP contribution in [0, 0.1) is 6.92 Å². The third-order valence-electron chi connectivity index (χ3n) is 5.85. The highest BCUT2D eigenvalue weighted by Gasteiger charge is 2.27. The van der Waals surface area contributed by atoms with Crippen LogP contribution in [0.15, 0.2) is 53.3 Å². The number of aryl methyl sites for hydroxylation is 1. The molecule has 2 aromatic carbocycles. The lowest BCUT2D eigenvalue weighted by atomic mass is 10.1. The Hall–Kier alpha value is -3.03. The van der Waals surface area contributed by atoms with E-state index >= 15 is 0 Å².